The molecule has 1 aromatic carbocycles. The lowest BCUT2D eigenvalue weighted by atomic mass is 10.2. The molecule has 1 atom stereocenters. The summed E-state index contributed by atoms with van der Waals surface area (Å²) in [4.78, 5) is 1.02. The second kappa shape index (κ2) is 5.65. The van der Waals surface area contributed by atoms with Gasteiger partial charge in [-0.2, -0.15) is 0 Å². The summed E-state index contributed by atoms with van der Waals surface area (Å²) < 4.78 is 26.7. The van der Waals surface area contributed by atoms with Crippen molar-refractivity contribution in [2.75, 3.05) is 0 Å². The molecule has 0 bridgehead atoms. The fourth-order valence-electron chi connectivity index (χ4n) is 1.70. The first-order valence-corrected chi connectivity index (χ1v) is 8.17. The van der Waals surface area contributed by atoms with Gasteiger partial charge in [0.1, 0.15) is 0 Å². The molecule has 0 aliphatic rings. The highest BCUT2D eigenvalue weighted by atomic mass is 32.2. The summed E-state index contributed by atoms with van der Waals surface area (Å²) in [5.41, 5.74) is 0.795. The van der Waals surface area contributed by atoms with Crippen LogP contribution in [-0.2, 0) is 15.8 Å². The molecule has 1 aromatic heterocycles. The molecule has 1 N–H and O–H groups in total. The maximum Gasteiger partial charge on any atom is 0.216 e. The Kier molecular flexibility index (Phi) is 4.16. The van der Waals surface area contributed by atoms with Crippen molar-refractivity contribution in [3.63, 3.8) is 0 Å². The summed E-state index contributed by atoms with van der Waals surface area (Å²) in [6.07, 6.45) is 0. The zero-order valence-corrected chi connectivity index (χ0v) is 11.7. The first-order valence-electron chi connectivity index (χ1n) is 5.64. The Morgan fingerprint density at radius 2 is 1.89 bits per heavy atom. The van der Waals surface area contributed by atoms with Gasteiger partial charge in [0, 0.05) is 4.88 Å². The summed E-state index contributed by atoms with van der Waals surface area (Å²) >= 11 is 1.55. The smallest absolute Gasteiger partial charge is 0.212 e. The summed E-state index contributed by atoms with van der Waals surface area (Å²) in [7, 11) is -3.30. The van der Waals surface area contributed by atoms with Gasteiger partial charge in [-0.1, -0.05) is 36.4 Å². The Morgan fingerprint density at radius 3 is 2.50 bits per heavy atom. The van der Waals surface area contributed by atoms with E-state index in [4.69, 9.17) is 0 Å². The third-order valence-electron chi connectivity index (χ3n) is 2.53. The van der Waals surface area contributed by atoms with Gasteiger partial charge in [0.15, 0.2) is 0 Å². The van der Waals surface area contributed by atoms with E-state index in [1.807, 2.05) is 54.8 Å². The normalized spacial score (nSPS) is 13.4. The number of sulfonamides is 1. The molecule has 2 rings (SSSR count). The quantitative estimate of drug-likeness (QED) is 0.916. The molecule has 0 aliphatic heterocycles. The Hall–Kier alpha value is -1.17. The van der Waals surface area contributed by atoms with Crippen LogP contribution >= 0.6 is 11.3 Å². The second-order valence-electron chi connectivity index (χ2n) is 4.10. The summed E-state index contributed by atoms with van der Waals surface area (Å²) in [6.45, 7) is 1.86. The zero-order chi connectivity index (χ0) is 13.0. The van der Waals surface area contributed by atoms with Crippen LogP contribution < -0.4 is 4.72 Å². The van der Waals surface area contributed by atoms with Crippen molar-refractivity contribution >= 4 is 21.4 Å². The van der Waals surface area contributed by atoms with Gasteiger partial charge in [-0.25, -0.2) is 13.1 Å². The highest BCUT2D eigenvalue weighted by Crippen LogP contribution is 2.19. The van der Waals surface area contributed by atoms with Crippen LogP contribution in [0.5, 0.6) is 0 Å². The van der Waals surface area contributed by atoms with Gasteiger partial charge in [-0.15, -0.1) is 11.3 Å². The zero-order valence-electron chi connectivity index (χ0n) is 10.0. The van der Waals surface area contributed by atoms with E-state index in [0.717, 1.165) is 10.4 Å². The number of nitrogens with one attached hydrogen (secondary N) is 1. The molecular weight excluding hydrogens is 266 g/mol. The standard InChI is InChI=1S/C13H15NO2S2/c1-11(13-8-5-9-17-13)14-18(15,16)10-12-6-3-2-4-7-12/h2-9,11,14H,10H2,1H3/t11-/m1/s1. The fraction of sp³-hybridized carbons (Fsp3) is 0.231. The molecule has 0 saturated heterocycles. The van der Waals surface area contributed by atoms with Crippen LogP contribution in [0, 0.1) is 0 Å². The molecule has 0 amide bonds. The molecule has 0 radical (unpaired) electrons. The van der Waals surface area contributed by atoms with E-state index in [9.17, 15) is 8.42 Å². The molecule has 0 saturated carbocycles. The maximum atomic E-state index is 12.0. The van der Waals surface area contributed by atoms with E-state index in [0.29, 0.717) is 0 Å². The van der Waals surface area contributed by atoms with Gasteiger partial charge in [-0.3, -0.25) is 0 Å². The molecule has 5 heteroatoms. The summed E-state index contributed by atoms with van der Waals surface area (Å²) in [5.74, 6) is 0.0174. The molecule has 0 unspecified atom stereocenters. The third kappa shape index (κ3) is 3.66. The lowest BCUT2D eigenvalue weighted by Gasteiger charge is -2.12. The first kappa shape index (κ1) is 13.3. The van der Waals surface area contributed by atoms with Crippen molar-refractivity contribution in [2.45, 2.75) is 18.7 Å². The molecule has 18 heavy (non-hydrogen) atoms. The van der Waals surface area contributed by atoms with Crippen molar-refractivity contribution in [3.05, 3.63) is 58.3 Å². The molecule has 1 heterocycles. The summed E-state index contributed by atoms with van der Waals surface area (Å²) in [5, 5.41) is 1.94. The molecule has 96 valence electrons. The molecule has 0 spiro atoms. The lowest BCUT2D eigenvalue weighted by Crippen LogP contribution is -2.27. The molecule has 2 aromatic rings. The Labute approximate surface area is 112 Å². The van der Waals surface area contributed by atoms with Gasteiger partial charge in [-0.05, 0) is 23.9 Å². The predicted octanol–water partition coefficient (Wildman–Crippen LogP) is 2.93. The minimum Gasteiger partial charge on any atom is -0.212 e. The minimum absolute atomic E-state index is 0.0174. The van der Waals surface area contributed by atoms with Gasteiger partial charge in [0.2, 0.25) is 10.0 Å². The predicted molar refractivity (Wildman–Crippen MR) is 74.9 cm³/mol. The second-order valence-corrected chi connectivity index (χ2v) is 6.83. The Bertz CT molecular complexity index is 577. The van der Waals surface area contributed by atoms with E-state index in [2.05, 4.69) is 4.72 Å². The number of benzene rings is 1. The van der Waals surface area contributed by atoms with E-state index in [-0.39, 0.29) is 11.8 Å². The van der Waals surface area contributed by atoms with Crippen LogP contribution in [0.4, 0.5) is 0 Å². The molecule has 3 nitrogen and oxygen atoms in total. The van der Waals surface area contributed by atoms with Crippen molar-refractivity contribution in [1.82, 2.24) is 4.72 Å². The average Bonchev–Trinajstić information content (AvgIpc) is 2.82. The minimum atomic E-state index is -3.30. The van der Waals surface area contributed by atoms with Crippen LogP contribution in [-0.4, -0.2) is 8.42 Å². The van der Waals surface area contributed by atoms with Crippen LogP contribution in [0.2, 0.25) is 0 Å². The van der Waals surface area contributed by atoms with Gasteiger partial charge >= 0.3 is 0 Å². The summed E-state index contributed by atoms with van der Waals surface area (Å²) in [6, 6.07) is 12.9. The topological polar surface area (TPSA) is 46.2 Å². The number of hydrogen-bond donors (Lipinski definition) is 1. The molecule has 0 fully saturated rings. The van der Waals surface area contributed by atoms with Gasteiger partial charge < -0.3 is 0 Å². The van der Waals surface area contributed by atoms with E-state index >= 15 is 0 Å². The lowest BCUT2D eigenvalue weighted by molar-refractivity contribution is 0.567. The van der Waals surface area contributed by atoms with Crippen LogP contribution in [0.15, 0.2) is 47.8 Å². The monoisotopic (exact) mass is 281 g/mol. The van der Waals surface area contributed by atoms with Crippen LogP contribution in [0.1, 0.15) is 23.4 Å². The van der Waals surface area contributed by atoms with Gasteiger partial charge in [0.25, 0.3) is 0 Å². The van der Waals surface area contributed by atoms with Crippen molar-refractivity contribution in [2.24, 2.45) is 0 Å². The molecular formula is C13H15NO2S2. The van der Waals surface area contributed by atoms with Crippen molar-refractivity contribution < 1.29 is 8.42 Å². The first-order chi connectivity index (χ1) is 8.57. The third-order valence-corrected chi connectivity index (χ3v) is 5.01. The van der Waals surface area contributed by atoms with Crippen LogP contribution in [0.3, 0.4) is 0 Å². The van der Waals surface area contributed by atoms with Crippen molar-refractivity contribution in [3.8, 4) is 0 Å². The molecule has 0 aliphatic carbocycles. The number of rotatable bonds is 5. The fourth-order valence-corrected chi connectivity index (χ4v) is 3.89. The largest absolute Gasteiger partial charge is 0.216 e. The SMILES string of the molecule is C[C@@H](NS(=O)(=O)Cc1ccccc1)c1cccs1. The van der Waals surface area contributed by atoms with E-state index in [1.165, 1.54) is 0 Å². The van der Waals surface area contributed by atoms with Crippen molar-refractivity contribution in [1.29, 1.82) is 0 Å². The number of thiophene rings is 1. The van der Waals surface area contributed by atoms with Crippen LogP contribution in [0.25, 0.3) is 0 Å². The maximum absolute atomic E-state index is 12.0. The number of hydrogen-bond acceptors (Lipinski definition) is 3. The van der Waals surface area contributed by atoms with Gasteiger partial charge in [0.05, 0.1) is 11.8 Å². The highest BCUT2D eigenvalue weighted by molar-refractivity contribution is 7.88. The Balaban J connectivity index is 2.04. The van der Waals surface area contributed by atoms with E-state index in [1.54, 1.807) is 11.3 Å². The highest BCUT2D eigenvalue weighted by Gasteiger charge is 2.16. The van der Waals surface area contributed by atoms with E-state index < -0.39 is 10.0 Å². The Morgan fingerprint density at radius 1 is 1.17 bits per heavy atom. The average molecular weight is 281 g/mol.